The molecule has 0 heterocycles. The molecule has 0 atom stereocenters. The topological polar surface area (TPSA) is 128 Å². The largest absolute Gasteiger partial charge is 0.510 e. The maximum atomic E-state index is 11.7. The van der Waals surface area contributed by atoms with Crippen LogP contribution >= 0.6 is 0 Å². The molecule has 0 aromatic heterocycles. The number of amidine groups is 1. The fourth-order valence-electron chi connectivity index (χ4n) is 1.04. The molecule has 0 saturated carbocycles. The zero-order chi connectivity index (χ0) is 15.2. The number of aliphatic imine (C=N–C) groups is 1. The summed E-state index contributed by atoms with van der Waals surface area (Å²) in [5.74, 6) is 1.64. The Morgan fingerprint density at radius 3 is 2.37 bits per heavy atom. The van der Waals surface area contributed by atoms with E-state index in [1.807, 2.05) is 6.04 Å². The van der Waals surface area contributed by atoms with Crippen LogP contribution in [-0.2, 0) is 4.79 Å². The van der Waals surface area contributed by atoms with Crippen molar-refractivity contribution < 1.29 is 9.90 Å². The van der Waals surface area contributed by atoms with E-state index in [-0.39, 0.29) is 23.0 Å². The van der Waals surface area contributed by atoms with Gasteiger partial charge in [-0.15, -0.1) is 0 Å². The molecular weight excluding hydrogens is 244 g/mol. The molecule has 0 aromatic carbocycles. The van der Waals surface area contributed by atoms with E-state index < -0.39 is 11.2 Å². The number of rotatable bonds is 5. The summed E-state index contributed by atoms with van der Waals surface area (Å²) in [6.07, 6.45) is 0.329. The number of nitrogens with two attached hydrogens (primary N) is 3. The maximum absolute atomic E-state index is 11.7. The van der Waals surface area contributed by atoms with E-state index in [1.54, 1.807) is 20.8 Å². The van der Waals surface area contributed by atoms with Gasteiger partial charge in [0.2, 0.25) is 5.78 Å². The van der Waals surface area contributed by atoms with Gasteiger partial charge in [-0.05, 0) is 19.8 Å². The minimum absolute atomic E-state index is 0.0307. The number of aliphatic hydroxyl groups excluding tert-OH is 1. The van der Waals surface area contributed by atoms with Gasteiger partial charge in [-0.25, -0.2) is 4.99 Å². The van der Waals surface area contributed by atoms with Crippen molar-refractivity contribution in [1.82, 2.24) is 0 Å². The molecule has 0 aromatic rings. The molecule has 6 nitrogen and oxygen atoms in total. The van der Waals surface area contributed by atoms with Gasteiger partial charge >= 0.3 is 0 Å². The van der Waals surface area contributed by atoms with Crippen molar-refractivity contribution in [2.24, 2.45) is 27.6 Å². The molecular formula is C13H20N4O2. The van der Waals surface area contributed by atoms with Crippen molar-refractivity contribution in [1.29, 1.82) is 0 Å². The van der Waals surface area contributed by atoms with E-state index in [0.29, 0.717) is 6.42 Å². The van der Waals surface area contributed by atoms with Crippen molar-refractivity contribution >= 4 is 11.6 Å². The molecule has 0 saturated heterocycles. The molecule has 7 N–H and O–H groups in total. The number of carbonyl (C=O) groups is 1. The summed E-state index contributed by atoms with van der Waals surface area (Å²) in [5.41, 5.74) is 15.3. The normalized spacial score (nSPS) is 13.1. The Kier molecular flexibility index (Phi) is 5.67. The van der Waals surface area contributed by atoms with E-state index in [1.165, 1.54) is 0 Å². The second kappa shape index (κ2) is 6.50. The Morgan fingerprint density at radius 1 is 1.42 bits per heavy atom. The summed E-state index contributed by atoms with van der Waals surface area (Å²) in [6.45, 7) is 8.59. The summed E-state index contributed by atoms with van der Waals surface area (Å²) in [4.78, 5) is 15.7. The molecule has 0 bridgehead atoms. The van der Waals surface area contributed by atoms with Crippen LogP contribution in [0.1, 0.15) is 27.2 Å². The van der Waals surface area contributed by atoms with Crippen molar-refractivity contribution in [3.05, 3.63) is 23.7 Å². The van der Waals surface area contributed by atoms with Gasteiger partial charge in [-0.1, -0.05) is 13.5 Å². The van der Waals surface area contributed by atoms with Crippen LogP contribution in [0.5, 0.6) is 0 Å². The number of aliphatic hydroxyl groups is 1. The molecule has 104 valence electrons. The molecule has 0 fully saturated rings. The minimum Gasteiger partial charge on any atom is -0.510 e. The Morgan fingerprint density at radius 2 is 1.95 bits per heavy atom. The summed E-state index contributed by atoms with van der Waals surface area (Å²) in [5, 5.41) is 9.46. The van der Waals surface area contributed by atoms with Crippen LogP contribution in [0.2, 0.25) is 0 Å². The van der Waals surface area contributed by atoms with Crippen LogP contribution in [-0.4, -0.2) is 16.7 Å². The van der Waals surface area contributed by atoms with Gasteiger partial charge in [0.25, 0.3) is 0 Å². The number of hydrogen-bond donors (Lipinski definition) is 4. The molecule has 0 aliphatic heterocycles. The van der Waals surface area contributed by atoms with E-state index in [4.69, 9.17) is 17.2 Å². The maximum Gasteiger partial charge on any atom is 0.218 e. The quantitative estimate of drug-likeness (QED) is 0.189. The van der Waals surface area contributed by atoms with Gasteiger partial charge in [0, 0.05) is 18.2 Å². The van der Waals surface area contributed by atoms with Crippen molar-refractivity contribution in [3.63, 3.8) is 0 Å². The molecule has 0 spiro atoms. The number of Topliss-reactive ketones (excluding diaryl/α,β-unsaturated/α-hetero) is 1. The highest BCUT2D eigenvalue weighted by molar-refractivity contribution is 6.02. The highest BCUT2D eigenvalue weighted by Gasteiger charge is 2.30. The molecule has 0 radical (unpaired) electrons. The highest BCUT2D eigenvalue weighted by atomic mass is 16.3. The molecule has 0 aliphatic rings. The number of allylic oxidation sites excluding steroid dienone is 2. The molecule has 0 unspecified atom stereocenters. The fraction of sp³-hybridized carbons (Fsp3) is 0.385. The third-order valence-electron chi connectivity index (χ3n) is 2.65. The average molecular weight is 264 g/mol. The molecule has 0 amide bonds. The monoisotopic (exact) mass is 264 g/mol. The second-order valence-corrected chi connectivity index (χ2v) is 4.38. The van der Waals surface area contributed by atoms with Gasteiger partial charge in [0.15, 0.2) is 0 Å². The van der Waals surface area contributed by atoms with Crippen molar-refractivity contribution in [3.8, 4) is 12.0 Å². The molecule has 0 aliphatic carbocycles. The smallest absolute Gasteiger partial charge is 0.218 e. The average Bonchev–Trinajstić information content (AvgIpc) is 2.36. The van der Waals surface area contributed by atoms with Gasteiger partial charge in [-0.2, -0.15) is 0 Å². The van der Waals surface area contributed by atoms with E-state index >= 15 is 0 Å². The van der Waals surface area contributed by atoms with Gasteiger partial charge in [0.1, 0.15) is 17.3 Å². The standard InChI is InChI=1S/C13H20N4O2/c1-5-9(18)11(15)12(16)17-8(2)13(3,4)10(19)6-7-14/h18H,2,5,14-15H2,1,3-4H3,(H2,16,17). The lowest BCUT2D eigenvalue weighted by Gasteiger charge is -2.20. The first-order valence-corrected chi connectivity index (χ1v) is 5.66. The number of carbonyl (C=O) groups excluding carboxylic acids is 1. The SMILES string of the molecule is C=C(N=C(N)C(N)=C(O)CC)C(C)(C)C(=O)C#CN. The van der Waals surface area contributed by atoms with Gasteiger partial charge in [-0.3, -0.25) is 4.79 Å². The summed E-state index contributed by atoms with van der Waals surface area (Å²) in [6, 6.07) is 2.04. The van der Waals surface area contributed by atoms with E-state index in [0.717, 1.165) is 0 Å². The van der Waals surface area contributed by atoms with Crippen LogP contribution in [0.4, 0.5) is 0 Å². The lowest BCUT2D eigenvalue weighted by molar-refractivity contribution is -0.119. The second-order valence-electron chi connectivity index (χ2n) is 4.38. The van der Waals surface area contributed by atoms with Crippen LogP contribution in [0.25, 0.3) is 0 Å². The van der Waals surface area contributed by atoms with Gasteiger partial charge in [0.05, 0.1) is 5.41 Å². The minimum atomic E-state index is -1.04. The Hall–Kier alpha value is -2.42. The number of ketones is 1. The summed E-state index contributed by atoms with van der Waals surface area (Å²) < 4.78 is 0. The Bertz CT molecular complexity index is 504. The van der Waals surface area contributed by atoms with Crippen molar-refractivity contribution in [2.45, 2.75) is 27.2 Å². The summed E-state index contributed by atoms with van der Waals surface area (Å²) >= 11 is 0. The zero-order valence-corrected chi connectivity index (χ0v) is 11.4. The first kappa shape index (κ1) is 16.6. The lowest BCUT2D eigenvalue weighted by atomic mass is 9.85. The van der Waals surface area contributed by atoms with Gasteiger partial charge < -0.3 is 22.3 Å². The van der Waals surface area contributed by atoms with Crippen LogP contribution in [0.15, 0.2) is 28.7 Å². The van der Waals surface area contributed by atoms with Crippen LogP contribution in [0.3, 0.4) is 0 Å². The van der Waals surface area contributed by atoms with E-state index in [2.05, 4.69) is 17.5 Å². The van der Waals surface area contributed by atoms with E-state index in [9.17, 15) is 9.90 Å². The molecule has 0 rings (SSSR count). The van der Waals surface area contributed by atoms with Crippen molar-refractivity contribution in [2.75, 3.05) is 0 Å². The predicted molar refractivity (Wildman–Crippen MR) is 75.6 cm³/mol. The molecule has 6 heteroatoms. The first-order valence-electron chi connectivity index (χ1n) is 5.66. The van der Waals surface area contributed by atoms with Crippen LogP contribution in [0, 0.1) is 17.4 Å². The fourth-order valence-corrected chi connectivity index (χ4v) is 1.04. The number of hydrogen-bond acceptors (Lipinski definition) is 5. The summed E-state index contributed by atoms with van der Waals surface area (Å²) in [7, 11) is 0. The first-order chi connectivity index (χ1) is 8.68. The third kappa shape index (κ3) is 4.07. The Labute approximate surface area is 113 Å². The number of nitrogens with zero attached hydrogens (tertiary/aromatic N) is 1. The predicted octanol–water partition coefficient (Wildman–Crippen LogP) is 0.510. The van der Waals surface area contributed by atoms with Crippen LogP contribution < -0.4 is 17.2 Å². The Balaban J connectivity index is 5.35. The zero-order valence-electron chi connectivity index (χ0n) is 11.4. The molecule has 19 heavy (non-hydrogen) atoms. The highest BCUT2D eigenvalue weighted by Crippen LogP contribution is 2.27. The third-order valence-corrected chi connectivity index (χ3v) is 2.65. The lowest BCUT2D eigenvalue weighted by Crippen LogP contribution is -2.28.